The topological polar surface area (TPSA) is 78.5 Å². The van der Waals surface area contributed by atoms with Gasteiger partial charge in [0.15, 0.2) is 0 Å². The van der Waals surface area contributed by atoms with Gasteiger partial charge in [-0.05, 0) is 42.5 Å². The first-order chi connectivity index (χ1) is 12.9. The third kappa shape index (κ3) is 6.69. The van der Waals surface area contributed by atoms with Crippen LogP contribution in [0.15, 0.2) is 59.5 Å². The molecule has 0 radical (unpaired) electrons. The predicted octanol–water partition coefficient (Wildman–Crippen LogP) is 2.41. The molecule has 0 unspecified atom stereocenters. The number of nitrogens with one attached hydrogen (secondary N) is 2. The minimum absolute atomic E-state index is 0.185. The smallest absolute Gasteiger partial charge is 0.314 e. The lowest BCUT2D eigenvalue weighted by atomic mass is 10.1. The average molecular weight is 390 g/mol. The van der Waals surface area contributed by atoms with Crippen LogP contribution in [0.2, 0.25) is 0 Å². The standard InChI is InChI=1S/C20H27N3O3S/c1-23(2)27(25,26)19-12-10-18(11-13-19)14-16-22-20(24)21-15-6-9-17-7-4-3-5-8-17/h3-5,7-8,10-13H,6,9,14-16H2,1-2H3,(H2,21,22,24). The van der Waals surface area contributed by atoms with E-state index in [0.29, 0.717) is 19.5 Å². The van der Waals surface area contributed by atoms with Crippen molar-refractivity contribution in [2.24, 2.45) is 0 Å². The number of sulfonamides is 1. The summed E-state index contributed by atoms with van der Waals surface area (Å²) in [6.07, 6.45) is 2.46. The monoisotopic (exact) mass is 389 g/mol. The third-order valence-electron chi connectivity index (χ3n) is 4.17. The summed E-state index contributed by atoms with van der Waals surface area (Å²) >= 11 is 0. The molecule has 146 valence electrons. The molecule has 2 aromatic rings. The highest BCUT2D eigenvalue weighted by atomic mass is 32.2. The van der Waals surface area contributed by atoms with Gasteiger partial charge in [0.2, 0.25) is 10.0 Å². The van der Waals surface area contributed by atoms with Gasteiger partial charge in [-0.2, -0.15) is 0 Å². The number of carbonyl (C=O) groups excluding carboxylic acids is 1. The molecule has 0 aromatic heterocycles. The second-order valence-corrected chi connectivity index (χ2v) is 8.61. The van der Waals surface area contributed by atoms with E-state index < -0.39 is 10.0 Å². The molecule has 0 aliphatic heterocycles. The number of hydrogen-bond donors (Lipinski definition) is 2. The van der Waals surface area contributed by atoms with Crippen molar-refractivity contribution in [1.29, 1.82) is 0 Å². The van der Waals surface area contributed by atoms with Crippen LogP contribution in [0.1, 0.15) is 17.5 Å². The fourth-order valence-electron chi connectivity index (χ4n) is 2.56. The number of benzene rings is 2. The number of amides is 2. The zero-order valence-corrected chi connectivity index (χ0v) is 16.6. The van der Waals surface area contributed by atoms with E-state index in [9.17, 15) is 13.2 Å². The molecule has 2 amide bonds. The molecule has 2 rings (SSSR count). The van der Waals surface area contributed by atoms with E-state index in [4.69, 9.17) is 0 Å². The minimum Gasteiger partial charge on any atom is -0.338 e. The van der Waals surface area contributed by atoms with Gasteiger partial charge in [-0.1, -0.05) is 42.5 Å². The van der Waals surface area contributed by atoms with Crippen molar-refractivity contribution in [3.63, 3.8) is 0 Å². The van der Waals surface area contributed by atoms with Crippen LogP contribution < -0.4 is 10.6 Å². The molecular formula is C20H27N3O3S. The van der Waals surface area contributed by atoms with Gasteiger partial charge in [0.1, 0.15) is 0 Å². The molecule has 0 atom stereocenters. The van der Waals surface area contributed by atoms with E-state index in [1.807, 2.05) is 18.2 Å². The van der Waals surface area contributed by atoms with Crippen molar-refractivity contribution in [2.45, 2.75) is 24.2 Å². The molecule has 2 N–H and O–H groups in total. The maximum atomic E-state index is 12.0. The summed E-state index contributed by atoms with van der Waals surface area (Å²) in [5.74, 6) is 0. The Balaban J connectivity index is 1.66. The predicted molar refractivity (Wildman–Crippen MR) is 107 cm³/mol. The second kappa shape index (κ2) is 10.1. The molecule has 0 saturated heterocycles. The van der Waals surface area contributed by atoms with Crippen LogP contribution >= 0.6 is 0 Å². The number of rotatable bonds is 9. The van der Waals surface area contributed by atoms with Crippen molar-refractivity contribution in [2.75, 3.05) is 27.2 Å². The second-order valence-electron chi connectivity index (χ2n) is 6.45. The fourth-order valence-corrected chi connectivity index (χ4v) is 3.46. The Morgan fingerprint density at radius 1 is 0.852 bits per heavy atom. The fraction of sp³-hybridized carbons (Fsp3) is 0.350. The van der Waals surface area contributed by atoms with Gasteiger partial charge in [0.25, 0.3) is 0 Å². The highest BCUT2D eigenvalue weighted by molar-refractivity contribution is 7.89. The lowest BCUT2D eigenvalue weighted by molar-refractivity contribution is 0.241. The quantitative estimate of drug-likeness (QED) is 0.647. The van der Waals surface area contributed by atoms with Crippen LogP contribution in [0.25, 0.3) is 0 Å². The highest BCUT2D eigenvalue weighted by Crippen LogP contribution is 2.14. The molecule has 0 bridgehead atoms. The molecule has 27 heavy (non-hydrogen) atoms. The van der Waals surface area contributed by atoms with E-state index in [1.165, 1.54) is 24.0 Å². The van der Waals surface area contributed by atoms with E-state index >= 15 is 0 Å². The normalized spacial score (nSPS) is 11.4. The summed E-state index contributed by atoms with van der Waals surface area (Å²) in [7, 11) is -0.396. The van der Waals surface area contributed by atoms with Gasteiger partial charge < -0.3 is 10.6 Å². The van der Waals surface area contributed by atoms with Crippen LogP contribution in [-0.4, -0.2) is 45.9 Å². The summed E-state index contributed by atoms with van der Waals surface area (Å²) in [4.78, 5) is 12.1. The van der Waals surface area contributed by atoms with E-state index in [1.54, 1.807) is 24.3 Å². The van der Waals surface area contributed by atoms with Crippen LogP contribution in [0.3, 0.4) is 0 Å². The van der Waals surface area contributed by atoms with E-state index in [-0.39, 0.29) is 10.9 Å². The average Bonchev–Trinajstić information content (AvgIpc) is 2.66. The van der Waals surface area contributed by atoms with Crippen LogP contribution in [0, 0.1) is 0 Å². The molecule has 0 aliphatic carbocycles. The van der Waals surface area contributed by atoms with Crippen molar-refractivity contribution in [3.05, 3.63) is 65.7 Å². The number of hydrogen-bond acceptors (Lipinski definition) is 3. The van der Waals surface area contributed by atoms with E-state index in [0.717, 1.165) is 18.4 Å². The minimum atomic E-state index is -3.41. The van der Waals surface area contributed by atoms with Gasteiger partial charge in [0.05, 0.1) is 4.90 Å². The Kier molecular flexibility index (Phi) is 7.82. The van der Waals surface area contributed by atoms with Crippen LogP contribution in [0.5, 0.6) is 0 Å². The molecule has 0 fully saturated rings. The number of carbonyl (C=O) groups is 1. The largest absolute Gasteiger partial charge is 0.338 e. The maximum Gasteiger partial charge on any atom is 0.314 e. The van der Waals surface area contributed by atoms with Gasteiger partial charge in [-0.3, -0.25) is 0 Å². The number of urea groups is 1. The first kappa shape index (κ1) is 20.9. The SMILES string of the molecule is CN(C)S(=O)(=O)c1ccc(CCNC(=O)NCCCc2ccccc2)cc1. The zero-order valence-electron chi connectivity index (χ0n) is 15.8. The van der Waals surface area contributed by atoms with Crippen LogP contribution in [0.4, 0.5) is 4.79 Å². The van der Waals surface area contributed by atoms with Gasteiger partial charge in [0, 0.05) is 27.2 Å². The summed E-state index contributed by atoms with van der Waals surface area (Å²) in [6.45, 7) is 1.11. The molecule has 0 spiro atoms. The first-order valence-corrected chi connectivity index (χ1v) is 10.4. The van der Waals surface area contributed by atoms with Crippen molar-refractivity contribution < 1.29 is 13.2 Å². The molecule has 7 heteroatoms. The van der Waals surface area contributed by atoms with Crippen molar-refractivity contribution in [1.82, 2.24) is 14.9 Å². The lowest BCUT2D eigenvalue weighted by Gasteiger charge is -2.12. The molecular weight excluding hydrogens is 362 g/mol. The Bertz CT molecular complexity index is 819. The Morgan fingerprint density at radius 3 is 2.07 bits per heavy atom. The van der Waals surface area contributed by atoms with Crippen LogP contribution in [-0.2, 0) is 22.9 Å². The number of nitrogens with zero attached hydrogens (tertiary/aromatic N) is 1. The molecule has 6 nitrogen and oxygen atoms in total. The Hall–Kier alpha value is -2.38. The Morgan fingerprint density at radius 2 is 1.44 bits per heavy atom. The van der Waals surface area contributed by atoms with Gasteiger partial charge in [-0.15, -0.1) is 0 Å². The third-order valence-corrected chi connectivity index (χ3v) is 6.00. The zero-order chi connectivity index (χ0) is 19.7. The van der Waals surface area contributed by atoms with Gasteiger partial charge in [-0.25, -0.2) is 17.5 Å². The van der Waals surface area contributed by atoms with Crippen molar-refractivity contribution >= 4 is 16.1 Å². The molecule has 2 aromatic carbocycles. The summed E-state index contributed by atoms with van der Waals surface area (Å²) in [5.41, 5.74) is 2.23. The molecule has 0 heterocycles. The van der Waals surface area contributed by atoms with E-state index in [2.05, 4.69) is 22.8 Å². The summed E-state index contributed by atoms with van der Waals surface area (Å²) in [6, 6.07) is 16.7. The van der Waals surface area contributed by atoms with Crippen molar-refractivity contribution in [3.8, 4) is 0 Å². The summed E-state index contributed by atoms with van der Waals surface area (Å²) in [5, 5.41) is 5.66. The maximum absolute atomic E-state index is 12.0. The first-order valence-electron chi connectivity index (χ1n) is 8.96. The Labute approximate surface area is 161 Å². The number of aryl methyl sites for hydroxylation is 1. The lowest BCUT2D eigenvalue weighted by Crippen LogP contribution is -2.37. The highest BCUT2D eigenvalue weighted by Gasteiger charge is 2.16. The molecule has 0 saturated carbocycles. The molecule has 0 aliphatic rings. The van der Waals surface area contributed by atoms with Gasteiger partial charge >= 0.3 is 6.03 Å². The summed E-state index contributed by atoms with van der Waals surface area (Å²) < 4.78 is 25.2.